The number of anilines is 1. The molecule has 0 unspecified atom stereocenters. The van der Waals surface area contributed by atoms with Gasteiger partial charge in [0.15, 0.2) is 11.5 Å². The minimum Gasteiger partial charge on any atom is -0.493 e. The Morgan fingerprint density at radius 1 is 1.11 bits per heavy atom. The van der Waals surface area contributed by atoms with Crippen molar-refractivity contribution >= 4 is 17.6 Å². The Bertz CT molecular complexity index is 838. The van der Waals surface area contributed by atoms with Gasteiger partial charge >= 0.3 is 0 Å². The molecule has 8 nitrogen and oxygen atoms in total. The second kappa shape index (κ2) is 8.77. The predicted octanol–water partition coefficient (Wildman–Crippen LogP) is 2.82. The molecule has 1 fully saturated rings. The zero-order chi connectivity index (χ0) is 20.1. The van der Waals surface area contributed by atoms with Crippen molar-refractivity contribution in [2.24, 2.45) is 4.99 Å². The van der Waals surface area contributed by atoms with E-state index in [1.54, 1.807) is 27.5 Å². The van der Waals surface area contributed by atoms with E-state index in [4.69, 9.17) is 19.9 Å². The molecule has 0 bridgehead atoms. The SMILES string of the molecule is COc1cc(Cc2cnc(/N=C(\C)N3CCCC3)nc2N)cc(OC)c1OC. The van der Waals surface area contributed by atoms with Crippen LogP contribution < -0.4 is 19.9 Å². The topological polar surface area (TPSA) is 95.1 Å². The molecule has 2 aromatic rings. The molecule has 1 aromatic carbocycles. The van der Waals surface area contributed by atoms with Gasteiger partial charge in [0.05, 0.1) is 21.3 Å². The lowest BCUT2D eigenvalue weighted by atomic mass is 10.1. The first-order chi connectivity index (χ1) is 13.5. The number of aromatic nitrogens is 2. The average Bonchev–Trinajstić information content (AvgIpc) is 3.24. The zero-order valence-corrected chi connectivity index (χ0v) is 16.9. The van der Waals surface area contributed by atoms with Crippen LogP contribution in [0.5, 0.6) is 17.2 Å². The summed E-state index contributed by atoms with van der Waals surface area (Å²) in [4.78, 5) is 15.5. The Balaban J connectivity index is 1.82. The summed E-state index contributed by atoms with van der Waals surface area (Å²) in [6, 6.07) is 3.79. The maximum atomic E-state index is 6.17. The van der Waals surface area contributed by atoms with Gasteiger partial charge in [0, 0.05) is 31.3 Å². The van der Waals surface area contributed by atoms with Gasteiger partial charge in [-0.1, -0.05) is 0 Å². The van der Waals surface area contributed by atoms with Crippen molar-refractivity contribution in [3.05, 3.63) is 29.5 Å². The van der Waals surface area contributed by atoms with E-state index in [9.17, 15) is 0 Å². The van der Waals surface area contributed by atoms with Crippen LogP contribution in [0.15, 0.2) is 23.3 Å². The molecule has 8 heteroatoms. The first-order valence-corrected chi connectivity index (χ1v) is 9.26. The van der Waals surface area contributed by atoms with Crippen LogP contribution in [0.2, 0.25) is 0 Å². The number of nitrogen functional groups attached to an aromatic ring is 1. The summed E-state index contributed by atoms with van der Waals surface area (Å²) in [6.45, 7) is 4.04. The molecule has 1 saturated heterocycles. The summed E-state index contributed by atoms with van der Waals surface area (Å²) in [7, 11) is 4.76. The van der Waals surface area contributed by atoms with Crippen molar-refractivity contribution in [1.29, 1.82) is 0 Å². The van der Waals surface area contributed by atoms with Crippen molar-refractivity contribution in [2.75, 3.05) is 40.2 Å². The molecular formula is C20H27N5O3. The second-order valence-electron chi connectivity index (χ2n) is 6.64. The Morgan fingerprint density at radius 3 is 2.29 bits per heavy atom. The first-order valence-electron chi connectivity index (χ1n) is 9.26. The van der Waals surface area contributed by atoms with Gasteiger partial charge in [-0.3, -0.25) is 0 Å². The average molecular weight is 385 g/mol. The van der Waals surface area contributed by atoms with E-state index in [0.717, 1.165) is 30.1 Å². The van der Waals surface area contributed by atoms with Crippen molar-refractivity contribution in [1.82, 2.24) is 14.9 Å². The summed E-state index contributed by atoms with van der Waals surface area (Å²) in [5.41, 5.74) is 7.94. The normalized spacial score (nSPS) is 14.3. The molecule has 0 spiro atoms. The number of hydrogen-bond acceptors (Lipinski definition) is 7. The van der Waals surface area contributed by atoms with Gasteiger partial charge in [-0.05, 0) is 37.5 Å². The number of likely N-dealkylation sites (tertiary alicyclic amines) is 1. The van der Waals surface area contributed by atoms with Crippen LogP contribution in [0.25, 0.3) is 0 Å². The highest BCUT2D eigenvalue weighted by Gasteiger charge is 2.16. The maximum absolute atomic E-state index is 6.17. The molecule has 2 heterocycles. The third-order valence-corrected chi connectivity index (χ3v) is 4.83. The van der Waals surface area contributed by atoms with Crippen molar-refractivity contribution < 1.29 is 14.2 Å². The van der Waals surface area contributed by atoms with Crippen LogP contribution in [-0.4, -0.2) is 55.1 Å². The maximum Gasteiger partial charge on any atom is 0.252 e. The van der Waals surface area contributed by atoms with E-state index in [1.807, 2.05) is 19.1 Å². The molecule has 0 amide bonds. The molecule has 0 saturated carbocycles. The minimum absolute atomic E-state index is 0.385. The molecule has 2 N–H and O–H groups in total. The molecule has 0 aliphatic carbocycles. The predicted molar refractivity (Wildman–Crippen MR) is 109 cm³/mol. The highest BCUT2D eigenvalue weighted by atomic mass is 16.5. The van der Waals surface area contributed by atoms with E-state index in [2.05, 4.69) is 19.9 Å². The Morgan fingerprint density at radius 2 is 1.75 bits per heavy atom. The van der Waals surface area contributed by atoms with Crippen LogP contribution in [0.3, 0.4) is 0 Å². The third-order valence-electron chi connectivity index (χ3n) is 4.83. The minimum atomic E-state index is 0.385. The lowest BCUT2D eigenvalue weighted by Gasteiger charge is -2.16. The lowest BCUT2D eigenvalue weighted by molar-refractivity contribution is 0.324. The van der Waals surface area contributed by atoms with E-state index in [0.29, 0.717) is 35.4 Å². The lowest BCUT2D eigenvalue weighted by Crippen LogP contribution is -2.24. The van der Waals surface area contributed by atoms with E-state index in [-0.39, 0.29) is 0 Å². The molecule has 1 aromatic heterocycles. The quantitative estimate of drug-likeness (QED) is 0.603. The molecule has 1 aliphatic rings. The van der Waals surface area contributed by atoms with Gasteiger partial charge in [-0.25, -0.2) is 4.98 Å². The van der Waals surface area contributed by atoms with Crippen LogP contribution in [0.1, 0.15) is 30.9 Å². The van der Waals surface area contributed by atoms with E-state index >= 15 is 0 Å². The fraction of sp³-hybridized carbons (Fsp3) is 0.450. The summed E-state index contributed by atoms with van der Waals surface area (Å²) < 4.78 is 16.2. The van der Waals surface area contributed by atoms with Crippen LogP contribution >= 0.6 is 0 Å². The molecule has 0 atom stereocenters. The summed E-state index contributed by atoms with van der Waals surface area (Å²) in [5, 5.41) is 0. The first kappa shape index (κ1) is 19.7. The van der Waals surface area contributed by atoms with Crippen LogP contribution in [0.4, 0.5) is 11.8 Å². The summed E-state index contributed by atoms with van der Waals surface area (Å²) in [6.07, 6.45) is 4.66. The smallest absolute Gasteiger partial charge is 0.252 e. The standard InChI is InChI=1S/C20H27N5O3/c1-13(25-7-5-6-8-25)23-20-22-12-15(19(21)24-20)9-14-10-16(26-2)18(28-4)17(11-14)27-3/h10-12H,5-9H2,1-4H3,(H2,21,22,24)/b23-13+. The van der Waals surface area contributed by atoms with Gasteiger partial charge in [0.2, 0.25) is 5.75 Å². The monoisotopic (exact) mass is 385 g/mol. The van der Waals surface area contributed by atoms with Crippen molar-refractivity contribution in [3.63, 3.8) is 0 Å². The number of methoxy groups -OCH3 is 3. The van der Waals surface area contributed by atoms with Gasteiger partial charge in [0.1, 0.15) is 11.7 Å². The number of amidine groups is 1. The highest BCUT2D eigenvalue weighted by Crippen LogP contribution is 2.38. The van der Waals surface area contributed by atoms with Crippen molar-refractivity contribution in [2.45, 2.75) is 26.2 Å². The van der Waals surface area contributed by atoms with Gasteiger partial charge in [-0.2, -0.15) is 9.98 Å². The Kier molecular flexibility index (Phi) is 6.18. The Hall–Kier alpha value is -3.03. The number of rotatable bonds is 6. The summed E-state index contributed by atoms with van der Waals surface area (Å²) in [5.74, 6) is 3.47. The molecule has 28 heavy (non-hydrogen) atoms. The number of benzene rings is 1. The highest BCUT2D eigenvalue weighted by molar-refractivity contribution is 5.82. The number of nitrogens with two attached hydrogens (primary N) is 1. The fourth-order valence-corrected chi connectivity index (χ4v) is 3.31. The van der Waals surface area contributed by atoms with Crippen LogP contribution in [-0.2, 0) is 6.42 Å². The number of hydrogen-bond donors (Lipinski definition) is 1. The molecule has 150 valence electrons. The Labute approximate surface area is 165 Å². The van der Waals surface area contributed by atoms with Gasteiger partial charge in [0.25, 0.3) is 5.95 Å². The zero-order valence-electron chi connectivity index (χ0n) is 16.9. The van der Waals surface area contributed by atoms with E-state index in [1.165, 1.54) is 12.8 Å². The molecule has 0 radical (unpaired) electrons. The number of ether oxygens (including phenoxy) is 3. The van der Waals surface area contributed by atoms with Crippen LogP contribution in [0, 0.1) is 0 Å². The summed E-state index contributed by atoms with van der Waals surface area (Å²) >= 11 is 0. The fourth-order valence-electron chi connectivity index (χ4n) is 3.31. The third kappa shape index (κ3) is 4.27. The number of aliphatic imine (C=N–C) groups is 1. The van der Waals surface area contributed by atoms with Gasteiger partial charge in [-0.15, -0.1) is 0 Å². The van der Waals surface area contributed by atoms with Gasteiger partial charge < -0.3 is 24.8 Å². The van der Waals surface area contributed by atoms with Crippen molar-refractivity contribution in [3.8, 4) is 17.2 Å². The van der Waals surface area contributed by atoms with E-state index < -0.39 is 0 Å². The largest absolute Gasteiger partial charge is 0.493 e. The molecule has 1 aliphatic heterocycles. The molecular weight excluding hydrogens is 358 g/mol. The number of nitrogens with zero attached hydrogens (tertiary/aromatic N) is 4. The molecule has 3 rings (SSSR count). The second-order valence-corrected chi connectivity index (χ2v) is 6.64.